The zero-order valence-electron chi connectivity index (χ0n) is 9.96. The average Bonchev–Trinajstić information content (AvgIpc) is 2.73. The minimum Gasteiger partial charge on any atom is -0.491 e. The molecule has 18 heavy (non-hydrogen) atoms. The molecule has 1 aromatic rings. The second-order valence-electron chi connectivity index (χ2n) is 4.85. The van der Waals surface area contributed by atoms with Gasteiger partial charge in [-0.25, -0.2) is 0 Å². The number of nitrogens with two attached hydrogens (primary N) is 1. The lowest BCUT2D eigenvalue weighted by Crippen LogP contribution is -2.42. The van der Waals surface area contributed by atoms with Crippen LogP contribution in [-0.4, -0.2) is 12.1 Å². The summed E-state index contributed by atoms with van der Waals surface area (Å²) >= 11 is 0. The number of ether oxygens (including phenoxy) is 1. The van der Waals surface area contributed by atoms with Crippen molar-refractivity contribution in [2.75, 3.05) is 6.61 Å². The zero-order valence-corrected chi connectivity index (χ0v) is 9.96. The van der Waals surface area contributed by atoms with Gasteiger partial charge >= 0.3 is 6.18 Å². The van der Waals surface area contributed by atoms with Gasteiger partial charge in [-0.2, -0.15) is 13.2 Å². The van der Waals surface area contributed by atoms with Gasteiger partial charge in [-0.1, -0.05) is 25.0 Å². The van der Waals surface area contributed by atoms with E-state index < -0.39 is 17.3 Å². The maximum absolute atomic E-state index is 12.7. The maximum atomic E-state index is 12.7. The molecule has 2 N–H and O–H groups in total. The molecular formula is C13H16F3NO. The molecular weight excluding hydrogens is 243 g/mol. The minimum absolute atomic E-state index is 0.137. The molecule has 0 spiro atoms. The topological polar surface area (TPSA) is 35.2 Å². The number of para-hydroxylation sites is 1. The Morgan fingerprint density at radius 1 is 1.17 bits per heavy atom. The zero-order chi connectivity index (χ0) is 13.2. The number of hydrogen-bond acceptors (Lipinski definition) is 2. The summed E-state index contributed by atoms with van der Waals surface area (Å²) in [6, 6.07) is 5.24. The Morgan fingerprint density at radius 3 is 2.39 bits per heavy atom. The summed E-state index contributed by atoms with van der Waals surface area (Å²) in [7, 11) is 0. The van der Waals surface area contributed by atoms with E-state index in [1.807, 2.05) is 0 Å². The van der Waals surface area contributed by atoms with Crippen molar-refractivity contribution in [1.82, 2.24) is 0 Å². The highest BCUT2D eigenvalue weighted by Gasteiger charge is 2.35. The molecule has 1 aliphatic carbocycles. The lowest BCUT2D eigenvalue weighted by atomic mass is 10.0. The Bertz CT molecular complexity index is 411. The quantitative estimate of drug-likeness (QED) is 0.903. The van der Waals surface area contributed by atoms with E-state index in [0.717, 1.165) is 31.7 Å². The Kier molecular flexibility index (Phi) is 3.52. The third-order valence-electron chi connectivity index (χ3n) is 3.31. The number of alkyl halides is 3. The van der Waals surface area contributed by atoms with Gasteiger partial charge in [0.2, 0.25) is 0 Å². The first-order valence-electron chi connectivity index (χ1n) is 5.99. The van der Waals surface area contributed by atoms with Crippen LogP contribution in [0.4, 0.5) is 13.2 Å². The first kappa shape index (κ1) is 13.2. The molecule has 2 rings (SSSR count). The molecule has 1 saturated carbocycles. The van der Waals surface area contributed by atoms with Gasteiger partial charge in [0.1, 0.15) is 12.4 Å². The molecule has 0 aliphatic heterocycles. The van der Waals surface area contributed by atoms with E-state index in [0.29, 0.717) is 0 Å². The van der Waals surface area contributed by atoms with Gasteiger partial charge in [-0.05, 0) is 25.0 Å². The van der Waals surface area contributed by atoms with Crippen LogP contribution in [0, 0.1) is 0 Å². The number of hydrogen-bond donors (Lipinski definition) is 1. The Labute approximate surface area is 104 Å². The summed E-state index contributed by atoms with van der Waals surface area (Å²) in [4.78, 5) is 0. The van der Waals surface area contributed by atoms with Crippen molar-refractivity contribution in [3.05, 3.63) is 29.8 Å². The van der Waals surface area contributed by atoms with Crippen LogP contribution in [0.5, 0.6) is 5.75 Å². The molecule has 1 aliphatic rings. The van der Waals surface area contributed by atoms with Crippen LogP contribution >= 0.6 is 0 Å². The van der Waals surface area contributed by atoms with Crippen LogP contribution in [0.3, 0.4) is 0 Å². The third-order valence-corrected chi connectivity index (χ3v) is 3.31. The first-order chi connectivity index (χ1) is 8.41. The molecule has 2 nitrogen and oxygen atoms in total. The molecule has 0 amide bonds. The van der Waals surface area contributed by atoms with E-state index in [9.17, 15) is 13.2 Å². The fraction of sp³-hybridized carbons (Fsp3) is 0.538. The summed E-state index contributed by atoms with van der Waals surface area (Å²) in [5, 5.41) is 0. The SMILES string of the molecule is NC1(COc2ccccc2C(F)(F)F)CCCC1. The van der Waals surface area contributed by atoms with E-state index in [4.69, 9.17) is 10.5 Å². The predicted octanol–water partition coefficient (Wildman–Crippen LogP) is 3.36. The fourth-order valence-corrected chi connectivity index (χ4v) is 2.27. The lowest BCUT2D eigenvalue weighted by molar-refractivity contribution is -0.139. The summed E-state index contributed by atoms with van der Waals surface area (Å²) < 4.78 is 43.5. The van der Waals surface area contributed by atoms with Gasteiger partial charge in [-0.15, -0.1) is 0 Å². The second kappa shape index (κ2) is 4.80. The molecule has 100 valence electrons. The van der Waals surface area contributed by atoms with Crippen molar-refractivity contribution in [2.45, 2.75) is 37.4 Å². The normalized spacial score (nSPS) is 18.9. The van der Waals surface area contributed by atoms with Crippen molar-refractivity contribution in [3.63, 3.8) is 0 Å². The van der Waals surface area contributed by atoms with Crippen LogP contribution < -0.4 is 10.5 Å². The highest BCUT2D eigenvalue weighted by atomic mass is 19.4. The molecule has 0 bridgehead atoms. The molecule has 0 heterocycles. The monoisotopic (exact) mass is 259 g/mol. The van der Waals surface area contributed by atoms with E-state index in [-0.39, 0.29) is 12.4 Å². The van der Waals surface area contributed by atoms with E-state index in [2.05, 4.69) is 0 Å². The largest absolute Gasteiger partial charge is 0.491 e. The highest BCUT2D eigenvalue weighted by Crippen LogP contribution is 2.36. The maximum Gasteiger partial charge on any atom is 0.419 e. The van der Waals surface area contributed by atoms with Crippen molar-refractivity contribution >= 4 is 0 Å². The van der Waals surface area contributed by atoms with E-state index in [1.165, 1.54) is 18.2 Å². The van der Waals surface area contributed by atoms with Crippen LogP contribution in [0.25, 0.3) is 0 Å². The molecule has 5 heteroatoms. The molecule has 0 atom stereocenters. The minimum atomic E-state index is -4.39. The Balaban J connectivity index is 2.10. The van der Waals surface area contributed by atoms with Gasteiger partial charge in [0.05, 0.1) is 11.1 Å². The lowest BCUT2D eigenvalue weighted by Gasteiger charge is -2.24. The van der Waals surface area contributed by atoms with Gasteiger partial charge in [-0.3, -0.25) is 0 Å². The molecule has 1 aromatic carbocycles. The van der Waals surface area contributed by atoms with Crippen LogP contribution in [0.2, 0.25) is 0 Å². The molecule has 1 fully saturated rings. The van der Waals surface area contributed by atoms with Crippen LogP contribution in [-0.2, 0) is 6.18 Å². The standard InChI is InChI=1S/C13H16F3NO/c14-13(15,16)10-5-1-2-6-11(10)18-9-12(17)7-3-4-8-12/h1-2,5-6H,3-4,7-9,17H2. The van der Waals surface area contributed by atoms with Gasteiger partial charge in [0, 0.05) is 0 Å². The summed E-state index contributed by atoms with van der Waals surface area (Å²) in [6.45, 7) is 0.139. The predicted molar refractivity (Wildman–Crippen MR) is 62.3 cm³/mol. The smallest absolute Gasteiger partial charge is 0.419 e. The number of rotatable bonds is 3. The molecule has 0 saturated heterocycles. The Morgan fingerprint density at radius 2 is 1.78 bits per heavy atom. The second-order valence-corrected chi connectivity index (χ2v) is 4.85. The third kappa shape index (κ3) is 2.96. The molecule has 0 aromatic heterocycles. The first-order valence-corrected chi connectivity index (χ1v) is 5.99. The number of benzene rings is 1. The van der Waals surface area contributed by atoms with E-state index in [1.54, 1.807) is 0 Å². The summed E-state index contributed by atoms with van der Waals surface area (Å²) in [6.07, 6.45) is -0.752. The summed E-state index contributed by atoms with van der Waals surface area (Å²) in [5.41, 5.74) is 4.84. The highest BCUT2D eigenvalue weighted by molar-refractivity contribution is 5.35. The van der Waals surface area contributed by atoms with Gasteiger partial charge in [0.25, 0.3) is 0 Å². The fourth-order valence-electron chi connectivity index (χ4n) is 2.27. The van der Waals surface area contributed by atoms with Crippen molar-refractivity contribution in [2.24, 2.45) is 5.73 Å². The van der Waals surface area contributed by atoms with Gasteiger partial charge in [0.15, 0.2) is 0 Å². The molecule has 0 radical (unpaired) electrons. The van der Waals surface area contributed by atoms with Crippen LogP contribution in [0.15, 0.2) is 24.3 Å². The van der Waals surface area contributed by atoms with Crippen molar-refractivity contribution < 1.29 is 17.9 Å². The average molecular weight is 259 g/mol. The molecule has 0 unspecified atom stereocenters. The summed E-state index contributed by atoms with van der Waals surface area (Å²) in [5.74, 6) is -0.137. The van der Waals surface area contributed by atoms with Crippen molar-refractivity contribution in [3.8, 4) is 5.75 Å². The number of halogens is 3. The van der Waals surface area contributed by atoms with Crippen molar-refractivity contribution in [1.29, 1.82) is 0 Å². The van der Waals surface area contributed by atoms with Gasteiger partial charge < -0.3 is 10.5 Å². The van der Waals surface area contributed by atoms with Crippen LogP contribution in [0.1, 0.15) is 31.2 Å². The Hall–Kier alpha value is -1.23. The van der Waals surface area contributed by atoms with E-state index >= 15 is 0 Å².